The zero-order valence-electron chi connectivity index (χ0n) is 10.2. The Kier molecular flexibility index (Phi) is 4.10. The van der Waals surface area contributed by atoms with E-state index in [0.29, 0.717) is 12.4 Å². The Labute approximate surface area is 107 Å². The van der Waals surface area contributed by atoms with Crippen LogP contribution in [0.25, 0.3) is 5.69 Å². The van der Waals surface area contributed by atoms with E-state index in [1.807, 2.05) is 6.92 Å². The lowest BCUT2D eigenvalue weighted by Gasteiger charge is -2.07. The van der Waals surface area contributed by atoms with Crippen LogP contribution in [0.2, 0.25) is 0 Å². The predicted octanol–water partition coefficient (Wildman–Crippen LogP) is 1.58. The van der Waals surface area contributed by atoms with E-state index in [2.05, 4.69) is 20.8 Å². The molecule has 0 aliphatic rings. The first-order valence-corrected chi connectivity index (χ1v) is 5.77. The molecule has 0 unspecified atom stereocenters. The van der Waals surface area contributed by atoms with Crippen molar-refractivity contribution in [2.75, 3.05) is 6.54 Å². The average molecular weight is 271 g/mol. The van der Waals surface area contributed by atoms with Gasteiger partial charge in [-0.1, -0.05) is 6.92 Å². The van der Waals surface area contributed by atoms with Crippen molar-refractivity contribution in [3.8, 4) is 5.69 Å². The molecular formula is C11H12F3N5. The Morgan fingerprint density at radius 3 is 2.74 bits per heavy atom. The standard InChI is InChI=1S/C11H12F3N5/c1-2-5-15-6-9-16-17-18-19(9)8-4-3-7(12)10(13)11(8)14/h3-4,15H,2,5-6H2,1H3. The Hall–Kier alpha value is -1.96. The average Bonchev–Trinajstić information content (AvgIpc) is 2.85. The minimum absolute atomic E-state index is 0.225. The molecule has 0 radical (unpaired) electrons. The Morgan fingerprint density at radius 1 is 1.21 bits per heavy atom. The maximum Gasteiger partial charge on any atom is 0.196 e. The van der Waals surface area contributed by atoms with Gasteiger partial charge in [-0.2, -0.15) is 4.68 Å². The van der Waals surface area contributed by atoms with Crippen LogP contribution in [0.4, 0.5) is 13.2 Å². The SMILES string of the molecule is CCCNCc1nnnn1-c1ccc(F)c(F)c1F. The molecule has 0 bridgehead atoms. The number of hydrogen-bond donors (Lipinski definition) is 1. The topological polar surface area (TPSA) is 55.6 Å². The summed E-state index contributed by atoms with van der Waals surface area (Å²) in [7, 11) is 0. The fourth-order valence-electron chi connectivity index (χ4n) is 1.56. The van der Waals surface area contributed by atoms with Gasteiger partial charge in [-0.3, -0.25) is 0 Å². The number of nitrogens with one attached hydrogen (secondary N) is 1. The molecule has 0 saturated heterocycles. The molecule has 0 fully saturated rings. The molecule has 5 nitrogen and oxygen atoms in total. The highest BCUT2D eigenvalue weighted by molar-refractivity contribution is 5.34. The lowest BCUT2D eigenvalue weighted by molar-refractivity contribution is 0.441. The van der Waals surface area contributed by atoms with Crippen LogP contribution >= 0.6 is 0 Å². The van der Waals surface area contributed by atoms with Gasteiger partial charge >= 0.3 is 0 Å². The van der Waals surface area contributed by atoms with E-state index in [0.717, 1.165) is 29.8 Å². The van der Waals surface area contributed by atoms with Crippen LogP contribution in [-0.2, 0) is 6.54 Å². The highest BCUT2D eigenvalue weighted by Gasteiger charge is 2.18. The summed E-state index contributed by atoms with van der Waals surface area (Å²) in [5.41, 5.74) is -0.225. The first-order chi connectivity index (χ1) is 9.15. The number of benzene rings is 1. The van der Waals surface area contributed by atoms with Crippen molar-refractivity contribution >= 4 is 0 Å². The molecule has 19 heavy (non-hydrogen) atoms. The Balaban J connectivity index is 2.32. The third-order valence-electron chi connectivity index (χ3n) is 2.49. The molecule has 0 amide bonds. The van der Waals surface area contributed by atoms with Crippen LogP contribution in [0.5, 0.6) is 0 Å². The number of tetrazole rings is 1. The molecule has 0 aliphatic carbocycles. The Morgan fingerprint density at radius 2 is 2.00 bits per heavy atom. The van der Waals surface area contributed by atoms with Gasteiger partial charge in [0.05, 0.1) is 6.54 Å². The van der Waals surface area contributed by atoms with E-state index in [-0.39, 0.29) is 5.69 Å². The van der Waals surface area contributed by atoms with E-state index in [9.17, 15) is 13.2 Å². The molecule has 0 saturated carbocycles. The van der Waals surface area contributed by atoms with Gasteiger partial charge < -0.3 is 5.32 Å². The molecule has 1 N–H and O–H groups in total. The van der Waals surface area contributed by atoms with Crippen molar-refractivity contribution in [2.24, 2.45) is 0 Å². The zero-order chi connectivity index (χ0) is 13.8. The minimum Gasteiger partial charge on any atom is -0.310 e. The molecule has 2 rings (SSSR count). The summed E-state index contributed by atoms with van der Waals surface area (Å²) >= 11 is 0. The largest absolute Gasteiger partial charge is 0.310 e. The van der Waals surface area contributed by atoms with Gasteiger partial charge in [-0.05, 0) is 35.5 Å². The number of aromatic nitrogens is 4. The number of halogens is 3. The molecule has 0 atom stereocenters. The lowest BCUT2D eigenvalue weighted by Crippen LogP contribution is -2.18. The molecule has 1 aromatic carbocycles. The number of rotatable bonds is 5. The van der Waals surface area contributed by atoms with Crippen LogP contribution in [0.15, 0.2) is 12.1 Å². The molecule has 0 aliphatic heterocycles. The summed E-state index contributed by atoms with van der Waals surface area (Å²) in [5.74, 6) is -3.79. The van der Waals surface area contributed by atoms with Crippen molar-refractivity contribution in [3.63, 3.8) is 0 Å². The molecule has 8 heteroatoms. The van der Waals surface area contributed by atoms with Crippen LogP contribution in [0, 0.1) is 17.5 Å². The molecule has 2 aromatic rings. The van der Waals surface area contributed by atoms with E-state index >= 15 is 0 Å². The molecule has 1 aromatic heterocycles. The van der Waals surface area contributed by atoms with Crippen LogP contribution in [0.3, 0.4) is 0 Å². The first kappa shape index (κ1) is 13.5. The van der Waals surface area contributed by atoms with E-state index in [1.165, 1.54) is 0 Å². The van der Waals surface area contributed by atoms with Crippen molar-refractivity contribution in [2.45, 2.75) is 19.9 Å². The first-order valence-electron chi connectivity index (χ1n) is 5.77. The minimum atomic E-state index is -1.54. The van der Waals surface area contributed by atoms with Gasteiger partial charge in [-0.15, -0.1) is 5.10 Å². The summed E-state index contributed by atoms with van der Waals surface area (Å²) in [6.07, 6.45) is 0.918. The van der Waals surface area contributed by atoms with Gasteiger partial charge in [0.1, 0.15) is 5.69 Å². The second-order valence-electron chi connectivity index (χ2n) is 3.88. The summed E-state index contributed by atoms with van der Waals surface area (Å²) in [6, 6.07) is 1.92. The van der Waals surface area contributed by atoms with Gasteiger partial charge in [0.2, 0.25) is 0 Å². The normalized spacial score (nSPS) is 10.9. The molecule has 0 spiro atoms. The highest BCUT2D eigenvalue weighted by Crippen LogP contribution is 2.18. The third-order valence-corrected chi connectivity index (χ3v) is 2.49. The van der Waals surface area contributed by atoms with Crippen molar-refractivity contribution < 1.29 is 13.2 Å². The van der Waals surface area contributed by atoms with Crippen molar-refractivity contribution in [3.05, 3.63) is 35.4 Å². The monoisotopic (exact) mass is 271 g/mol. The second kappa shape index (κ2) is 5.79. The van der Waals surface area contributed by atoms with Gasteiger partial charge in [0.25, 0.3) is 0 Å². The summed E-state index contributed by atoms with van der Waals surface area (Å²) in [6.45, 7) is 3.04. The molecule has 102 valence electrons. The summed E-state index contributed by atoms with van der Waals surface area (Å²) < 4.78 is 40.7. The number of nitrogens with zero attached hydrogens (tertiary/aromatic N) is 4. The third kappa shape index (κ3) is 2.73. The molecule has 1 heterocycles. The quantitative estimate of drug-likeness (QED) is 0.662. The lowest BCUT2D eigenvalue weighted by atomic mass is 10.3. The number of hydrogen-bond acceptors (Lipinski definition) is 4. The highest BCUT2D eigenvalue weighted by atomic mass is 19.2. The molecular weight excluding hydrogens is 259 g/mol. The van der Waals surface area contributed by atoms with Crippen molar-refractivity contribution in [1.82, 2.24) is 25.5 Å². The maximum absolute atomic E-state index is 13.6. The van der Waals surface area contributed by atoms with Gasteiger partial charge in [-0.25, -0.2) is 13.2 Å². The van der Waals surface area contributed by atoms with E-state index < -0.39 is 17.5 Å². The van der Waals surface area contributed by atoms with Crippen molar-refractivity contribution in [1.29, 1.82) is 0 Å². The fourth-order valence-corrected chi connectivity index (χ4v) is 1.56. The smallest absolute Gasteiger partial charge is 0.196 e. The zero-order valence-corrected chi connectivity index (χ0v) is 10.2. The summed E-state index contributed by atoms with van der Waals surface area (Å²) in [5, 5.41) is 13.7. The van der Waals surface area contributed by atoms with Crippen LogP contribution < -0.4 is 5.32 Å². The van der Waals surface area contributed by atoms with Crippen LogP contribution in [-0.4, -0.2) is 26.8 Å². The maximum atomic E-state index is 13.6. The Bertz CT molecular complexity index is 569. The van der Waals surface area contributed by atoms with Gasteiger partial charge in [0, 0.05) is 0 Å². The van der Waals surface area contributed by atoms with E-state index in [4.69, 9.17) is 0 Å². The van der Waals surface area contributed by atoms with Crippen LogP contribution in [0.1, 0.15) is 19.2 Å². The fraction of sp³-hybridized carbons (Fsp3) is 0.364. The summed E-state index contributed by atoms with van der Waals surface area (Å²) in [4.78, 5) is 0. The predicted molar refractivity (Wildman–Crippen MR) is 61.0 cm³/mol. The van der Waals surface area contributed by atoms with Gasteiger partial charge in [0.15, 0.2) is 23.3 Å². The second-order valence-corrected chi connectivity index (χ2v) is 3.88. The van der Waals surface area contributed by atoms with E-state index in [1.54, 1.807) is 0 Å².